The Labute approximate surface area is 64.0 Å². The zero-order valence-corrected chi connectivity index (χ0v) is 7.20. The van der Waals surface area contributed by atoms with Crippen molar-refractivity contribution < 1.29 is 0 Å². The van der Waals surface area contributed by atoms with Crippen molar-refractivity contribution in [3.63, 3.8) is 0 Å². The molecule has 0 heteroatoms. The molecule has 0 aromatic rings. The maximum absolute atomic E-state index is 3.94. The molecule has 0 N–H and O–H groups in total. The second kappa shape index (κ2) is 4.10. The van der Waals surface area contributed by atoms with E-state index in [4.69, 9.17) is 0 Å². The third kappa shape index (κ3) is 2.22. The molecule has 0 aliphatic rings. The van der Waals surface area contributed by atoms with Gasteiger partial charge in [0.05, 0.1) is 0 Å². The van der Waals surface area contributed by atoms with Gasteiger partial charge in [-0.2, -0.15) is 0 Å². The molecule has 0 unspecified atom stereocenters. The molecular formula is C10H16. The SMILES string of the molecule is C=CC(C(=C)CC)=C(C)C. The van der Waals surface area contributed by atoms with Crippen LogP contribution in [0.5, 0.6) is 0 Å². The van der Waals surface area contributed by atoms with Crippen LogP contribution in [0.25, 0.3) is 0 Å². The van der Waals surface area contributed by atoms with Crippen molar-refractivity contribution in [3.05, 3.63) is 36.0 Å². The Morgan fingerprint density at radius 1 is 1.40 bits per heavy atom. The van der Waals surface area contributed by atoms with E-state index >= 15 is 0 Å². The van der Waals surface area contributed by atoms with Crippen LogP contribution >= 0.6 is 0 Å². The molecule has 0 aromatic heterocycles. The summed E-state index contributed by atoms with van der Waals surface area (Å²) in [7, 11) is 0. The van der Waals surface area contributed by atoms with Gasteiger partial charge >= 0.3 is 0 Å². The summed E-state index contributed by atoms with van der Waals surface area (Å²) in [6, 6.07) is 0. The fourth-order valence-electron chi connectivity index (χ4n) is 0.892. The van der Waals surface area contributed by atoms with Gasteiger partial charge in [-0.1, -0.05) is 31.7 Å². The van der Waals surface area contributed by atoms with Gasteiger partial charge in [0.15, 0.2) is 0 Å². The molecule has 0 aliphatic heterocycles. The molecule has 0 rings (SSSR count). The van der Waals surface area contributed by atoms with E-state index in [1.807, 2.05) is 6.08 Å². The third-order valence-electron chi connectivity index (χ3n) is 1.55. The summed E-state index contributed by atoms with van der Waals surface area (Å²) in [6.07, 6.45) is 2.88. The molecule has 0 saturated carbocycles. The summed E-state index contributed by atoms with van der Waals surface area (Å²) < 4.78 is 0. The molecule has 0 aliphatic carbocycles. The van der Waals surface area contributed by atoms with Gasteiger partial charge in [0.2, 0.25) is 0 Å². The Kier molecular flexibility index (Phi) is 3.78. The van der Waals surface area contributed by atoms with Gasteiger partial charge in [-0.25, -0.2) is 0 Å². The lowest BCUT2D eigenvalue weighted by atomic mass is 10.0. The Hall–Kier alpha value is -0.780. The molecule has 0 nitrogen and oxygen atoms in total. The number of hydrogen-bond donors (Lipinski definition) is 0. The molecule has 0 fully saturated rings. The molecule has 0 aromatic carbocycles. The van der Waals surface area contributed by atoms with E-state index in [1.165, 1.54) is 16.7 Å². The van der Waals surface area contributed by atoms with Crippen LogP contribution in [0.15, 0.2) is 36.0 Å². The van der Waals surface area contributed by atoms with Crippen molar-refractivity contribution >= 4 is 0 Å². The zero-order valence-electron chi connectivity index (χ0n) is 7.20. The minimum Gasteiger partial charge on any atom is -0.0985 e. The molecular weight excluding hydrogens is 120 g/mol. The van der Waals surface area contributed by atoms with E-state index < -0.39 is 0 Å². The van der Waals surface area contributed by atoms with Crippen LogP contribution in [0, 0.1) is 0 Å². The van der Waals surface area contributed by atoms with Gasteiger partial charge < -0.3 is 0 Å². The fourth-order valence-corrected chi connectivity index (χ4v) is 0.892. The number of rotatable bonds is 3. The smallest absolute Gasteiger partial charge is 0.0250 e. The van der Waals surface area contributed by atoms with Crippen molar-refractivity contribution in [2.45, 2.75) is 27.2 Å². The van der Waals surface area contributed by atoms with Crippen LogP contribution in [-0.4, -0.2) is 0 Å². The van der Waals surface area contributed by atoms with Gasteiger partial charge in [0.1, 0.15) is 0 Å². The molecule has 0 amide bonds. The topological polar surface area (TPSA) is 0 Å². The molecule has 0 spiro atoms. The first-order valence-corrected chi connectivity index (χ1v) is 3.61. The first kappa shape index (κ1) is 9.22. The number of hydrogen-bond acceptors (Lipinski definition) is 0. The first-order valence-electron chi connectivity index (χ1n) is 3.61. The van der Waals surface area contributed by atoms with Crippen LogP contribution in [0.4, 0.5) is 0 Å². The molecule has 10 heavy (non-hydrogen) atoms. The molecule has 0 saturated heterocycles. The summed E-state index contributed by atoms with van der Waals surface area (Å²) in [6.45, 7) is 13.9. The Morgan fingerprint density at radius 3 is 2.00 bits per heavy atom. The highest BCUT2D eigenvalue weighted by molar-refractivity contribution is 5.39. The van der Waals surface area contributed by atoms with Gasteiger partial charge in [-0.05, 0) is 31.4 Å². The summed E-state index contributed by atoms with van der Waals surface area (Å²) in [5, 5.41) is 0. The highest BCUT2D eigenvalue weighted by Crippen LogP contribution is 2.16. The second-order valence-electron chi connectivity index (χ2n) is 2.57. The van der Waals surface area contributed by atoms with E-state index in [1.54, 1.807) is 0 Å². The highest BCUT2D eigenvalue weighted by atomic mass is 14.0. The van der Waals surface area contributed by atoms with Crippen LogP contribution in [-0.2, 0) is 0 Å². The van der Waals surface area contributed by atoms with E-state index in [0.717, 1.165) is 6.42 Å². The minimum absolute atomic E-state index is 1.01. The largest absolute Gasteiger partial charge is 0.0985 e. The van der Waals surface area contributed by atoms with Crippen molar-refractivity contribution in [3.8, 4) is 0 Å². The normalized spacial score (nSPS) is 8.70. The van der Waals surface area contributed by atoms with Crippen molar-refractivity contribution in [1.82, 2.24) is 0 Å². The lowest BCUT2D eigenvalue weighted by Gasteiger charge is -2.04. The average Bonchev–Trinajstić information content (AvgIpc) is 1.88. The summed E-state index contributed by atoms with van der Waals surface area (Å²) in [5.41, 5.74) is 3.68. The zero-order chi connectivity index (χ0) is 8.15. The van der Waals surface area contributed by atoms with Crippen LogP contribution < -0.4 is 0 Å². The highest BCUT2D eigenvalue weighted by Gasteiger charge is 1.96. The van der Waals surface area contributed by atoms with Gasteiger partial charge in [-0.15, -0.1) is 0 Å². The maximum atomic E-state index is 3.94. The molecule has 0 bridgehead atoms. The Balaban J connectivity index is 4.53. The van der Waals surface area contributed by atoms with E-state index in [2.05, 4.69) is 33.9 Å². The van der Waals surface area contributed by atoms with Crippen molar-refractivity contribution in [1.29, 1.82) is 0 Å². The van der Waals surface area contributed by atoms with Crippen molar-refractivity contribution in [2.24, 2.45) is 0 Å². The second-order valence-corrected chi connectivity index (χ2v) is 2.57. The quantitative estimate of drug-likeness (QED) is 0.521. The number of allylic oxidation sites excluding steroid dienone is 4. The fraction of sp³-hybridized carbons (Fsp3) is 0.400. The maximum Gasteiger partial charge on any atom is -0.0250 e. The predicted octanol–water partition coefficient (Wildman–Crippen LogP) is 3.48. The molecule has 0 radical (unpaired) electrons. The summed E-state index contributed by atoms with van der Waals surface area (Å²) >= 11 is 0. The molecule has 56 valence electrons. The minimum atomic E-state index is 1.01. The van der Waals surface area contributed by atoms with Gasteiger partial charge in [0, 0.05) is 0 Å². The van der Waals surface area contributed by atoms with E-state index in [9.17, 15) is 0 Å². The standard InChI is InChI=1S/C10H16/c1-6-9(5)10(7-2)8(3)4/h7H,2,5-6H2,1,3-4H3. The van der Waals surface area contributed by atoms with Crippen LogP contribution in [0.3, 0.4) is 0 Å². The lowest BCUT2D eigenvalue weighted by Crippen LogP contribution is -1.84. The van der Waals surface area contributed by atoms with E-state index in [0.29, 0.717) is 0 Å². The molecule has 0 atom stereocenters. The predicted molar refractivity (Wildman–Crippen MR) is 48.0 cm³/mol. The van der Waals surface area contributed by atoms with Crippen LogP contribution in [0.2, 0.25) is 0 Å². The molecule has 0 heterocycles. The third-order valence-corrected chi connectivity index (χ3v) is 1.55. The monoisotopic (exact) mass is 136 g/mol. The average molecular weight is 136 g/mol. The first-order chi connectivity index (χ1) is 4.63. The van der Waals surface area contributed by atoms with Crippen molar-refractivity contribution in [2.75, 3.05) is 0 Å². The van der Waals surface area contributed by atoms with Gasteiger partial charge in [0.25, 0.3) is 0 Å². The Morgan fingerprint density at radius 2 is 1.90 bits per heavy atom. The summed E-state index contributed by atoms with van der Waals surface area (Å²) in [5.74, 6) is 0. The lowest BCUT2D eigenvalue weighted by molar-refractivity contribution is 1.11. The summed E-state index contributed by atoms with van der Waals surface area (Å²) in [4.78, 5) is 0. The Bertz CT molecular complexity index is 166. The van der Waals surface area contributed by atoms with Crippen LogP contribution in [0.1, 0.15) is 27.2 Å². The van der Waals surface area contributed by atoms with Gasteiger partial charge in [-0.3, -0.25) is 0 Å². The van der Waals surface area contributed by atoms with E-state index in [-0.39, 0.29) is 0 Å².